The van der Waals surface area contributed by atoms with Crippen LogP contribution >= 0.6 is 11.8 Å². The topological polar surface area (TPSA) is 85.6 Å². The molecule has 1 saturated carbocycles. The predicted molar refractivity (Wildman–Crippen MR) is 112 cm³/mol. The molecule has 1 fully saturated rings. The van der Waals surface area contributed by atoms with Gasteiger partial charge in [-0.05, 0) is 38.0 Å². The fourth-order valence-electron chi connectivity index (χ4n) is 3.49. The molecule has 0 spiro atoms. The molecular weight excluding hydrogens is 384 g/mol. The van der Waals surface area contributed by atoms with Gasteiger partial charge in [-0.1, -0.05) is 53.9 Å². The predicted octanol–water partition coefficient (Wildman–Crippen LogP) is 3.72. The Hall–Kier alpha value is -2.74. The number of hydrogen-bond donors (Lipinski definition) is 1. The summed E-state index contributed by atoms with van der Waals surface area (Å²) in [6.45, 7) is 2.04. The molecule has 1 amide bonds. The summed E-state index contributed by atoms with van der Waals surface area (Å²) >= 11 is 1.46. The van der Waals surface area contributed by atoms with Crippen LogP contribution in [0.15, 0.2) is 47.9 Å². The lowest BCUT2D eigenvalue weighted by Gasteiger charge is -2.22. The molecule has 1 N–H and O–H groups in total. The Morgan fingerprint density at radius 3 is 2.59 bits per heavy atom. The molecule has 2 aromatic heterocycles. The third-order valence-electron chi connectivity index (χ3n) is 5.08. The van der Waals surface area contributed by atoms with Crippen molar-refractivity contribution in [2.45, 2.75) is 56.0 Å². The van der Waals surface area contributed by atoms with Crippen molar-refractivity contribution in [2.24, 2.45) is 0 Å². The molecule has 1 aromatic carbocycles. The van der Waals surface area contributed by atoms with Crippen LogP contribution in [0.5, 0.6) is 0 Å². The Balaban J connectivity index is 1.60. The quantitative estimate of drug-likeness (QED) is 0.494. The molecule has 0 unspecified atom stereocenters. The third-order valence-corrected chi connectivity index (χ3v) is 5.96. The van der Waals surface area contributed by atoms with E-state index in [1.807, 2.05) is 31.2 Å². The van der Waals surface area contributed by atoms with E-state index in [1.54, 1.807) is 23.1 Å². The van der Waals surface area contributed by atoms with Gasteiger partial charge < -0.3 is 5.32 Å². The van der Waals surface area contributed by atoms with Crippen LogP contribution in [0.3, 0.4) is 0 Å². The molecule has 0 radical (unpaired) electrons. The maximum Gasteiger partial charge on any atom is 0.274 e. The van der Waals surface area contributed by atoms with Gasteiger partial charge in [0.2, 0.25) is 0 Å². The van der Waals surface area contributed by atoms with Crippen molar-refractivity contribution in [3.63, 3.8) is 0 Å². The summed E-state index contributed by atoms with van der Waals surface area (Å²) < 4.78 is 1.74. The van der Waals surface area contributed by atoms with Crippen LogP contribution in [-0.4, -0.2) is 36.9 Å². The zero-order valence-electron chi connectivity index (χ0n) is 16.4. The first-order valence-corrected chi connectivity index (χ1v) is 10.9. The minimum atomic E-state index is -0.153. The highest BCUT2D eigenvalue weighted by atomic mass is 32.2. The van der Waals surface area contributed by atoms with E-state index in [-0.39, 0.29) is 11.9 Å². The van der Waals surface area contributed by atoms with E-state index in [4.69, 9.17) is 0 Å². The summed E-state index contributed by atoms with van der Waals surface area (Å²) in [6.07, 6.45) is 9.04. The number of carbonyl (C=O) groups is 1. The average Bonchev–Trinajstić information content (AvgIpc) is 3.18. The van der Waals surface area contributed by atoms with Crippen LogP contribution in [0.2, 0.25) is 0 Å². The number of nitrogens with one attached hydrogen (secondary N) is 1. The Morgan fingerprint density at radius 1 is 1.14 bits per heavy atom. The van der Waals surface area contributed by atoms with Crippen molar-refractivity contribution in [3.05, 3.63) is 59.7 Å². The van der Waals surface area contributed by atoms with Gasteiger partial charge >= 0.3 is 0 Å². The first-order valence-electron chi connectivity index (χ1n) is 9.93. The van der Waals surface area contributed by atoms with Gasteiger partial charge in [0.05, 0.1) is 11.4 Å². The van der Waals surface area contributed by atoms with Crippen LogP contribution in [-0.2, 0) is 5.75 Å². The maximum atomic E-state index is 13.0. The Kier molecular flexibility index (Phi) is 6.19. The van der Waals surface area contributed by atoms with Gasteiger partial charge in [-0.15, -0.1) is 5.10 Å². The van der Waals surface area contributed by atoms with Crippen molar-refractivity contribution in [2.75, 3.05) is 0 Å². The standard InChI is InChI=1S/C21H24N6OS/c1-15-8-10-17(11-9-15)27-18(14-29-21-22-12-5-13-23-21)19(25-26-27)20(28)24-16-6-3-2-4-7-16/h5,8-13,16H,2-4,6-7,14H2,1H3,(H,24,28). The van der Waals surface area contributed by atoms with Gasteiger partial charge in [-0.2, -0.15) is 0 Å². The van der Waals surface area contributed by atoms with Crippen LogP contribution in [0.25, 0.3) is 5.69 Å². The molecule has 1 aliphatic rings. The number of hydrogen-bond acceptors (Lipinski definition) is 6. The smallest absolute Gasteiger partial charge is 0.274 e. The van der Waals surface area contributed by atoms with E-state index in [1.165, 1.54) is 18.2 Å². The summed E-state index contributed by atoms with van der Waals surface area (Å²) in [5.41, 5.74) is 3.17. The maximum absolute atomic E-state index is 13.0. The lowest BCUT2D eigenvalue weighted by Crippen LogP contribution is -2.36. The van der Waals surface area contributed by atoms with Gasteiger partial charge in [0.15, 0.2) is 10.9 Å². The molecule has 0 aliphatic heterocycles. The molecule has 3 aromatic rings. The Labute approximate surface area is 174 Å². The van der Waals surface area contributed by atoms with E-state index in [2.05, 4.69) is 25.6 Å². The molecule has 0 saturated heterocycles. The van der Waals surface area contributed by atoms with Crippen LogP contribution in [0, 0.1) is 6.92 Å². The lowest BCUT2D eigenvalue weighted by molar-refractivity contribution is 0.0922. The van der Waals surface area contributed by atoms with Crippen molar-refractivity contribution in [3.8, 4) is 5.69 Å². The summed E-state index contributed by atoms with van der Waals surface area (Å²) in [5.74, 6) is 0.345. The van der Waals surface area contributed by atoms with Crippen LogP contribution < -0.4 is 5.32 Å². The third kappa shape index (κ3) is 4.82. The highest BCUT2D eigenvalue weighted by Gasteiger charge is 2.24. The van der Waals surface area contributed by atoms with Crippen molar-refractivity contribution in [1.82, 2.24) is 30.3 Å². The molecule has 2 heterocycles. The summed E-state index contributed by atoms with van der Waals surface area (Å²) in [7, 11) is 0. The largest absolute Gasteiger partial charge is 0.348 e. The minimum Gasteiger partial charge on any atom is -0.348 e. The zero-order valence-corrected chi connectivity index (χ0v) is 17.2. The molecule has 0 bridgehead atoms. The number of benzene rings is 1. The first-order chi connectivity index (χ1) is 14.2. The molecule has 29 heavy (non-hydrogen) atoms. The SMILES string of the molecule is Cc1ccc(-n2nnc(C(=O)NC3CCCCC3)c2CSc2ncccn2)cc1. The second-order valence-electron chi connectivity index (χ2n) is 7.26. The zero-order chi connectivity index (χ0) is 20.1. The fourth-order valence-corrected chi connectivity index (χ4v) is 4.29. The Bertz CT molecular complexity index is 951. The molecule has 0 atom stereocenters. The van der Waals surface area contributed by atoms with Gasteiger partial charge in [-0.25, -0.2) is 14.6 Å². The van der Waals surface area contributed by atoms with Gasteiger partial charge in [0.25, 0.3) is 5.91 Å². The average molecular weight is 409 g/mol. The number of aryl methyl sites for hydroxylation is 1. The lowest BCUT2D eigenvalue weighted by atomic mass is 9.95. The van der Waals surface area contributed by atoms with E-state index < -0.39 is 0 Å². The van der Waals surface area contributed by atoms with Crippen molar-refractivity contribution < 1.29 is 4.79 Å². The molecule has 1 aliphatic carbocycles. The number of nitrogens with zero attached hydrogens (tertiary/aromatic N) is 5. The number of amides is 1. The van der Waals surface area contributed by atoms with E-state index in [9.17, 15) is 4.79 Å². The molecular formula is C21H24N6OS. The summed E-state index contributed by atoms with van der Waals surface area (Å²) in [6, 6.07) is 10.0. The minimum absolute atomic E-state index is 0.153. The highest BCUT2D eigenvalue weighted by molar-refractivity contribution is 7.98. The molecule has 150 valence electrons. The fraction of sp³-hybridized carbons (Fsp3) is 0.381. The molecule has 4 rings (SSSR count). The first kappa shape index (κ1) is 19.6. The van der Waals surface area contributed by atoms with Crippen molar-refractivity contribution in [1.29, 1.82) is 0 Å². The monoisotopic (exact) mass is 408 g/mol. The molecule has 7 nitrogen and oxygen atoms in total. The second-order valence-corrected chi connectivity index (χ2v) is 8.20. The Morgan fingerprint density at radius 2 is 1.86 bits per heavy atom. The van der Waals surface area contributed by atoms with Crippen LogP contribution in [0.4, 0.5) is 0 Å². The van der Waals surface area contributed by atoms with E-state index in [0.29, 0.717) is 16.6 Å². The van der Waals surface area contributed by atoms with Gasteiger partial charge in [0, 0.05) is 24.2 Å². The van der Waals surface area contributed by atoms with Crippen LogP contribution in [0.1, 0.15) is 53.8 Å². The highest BCUT2D eigenvalue weighted by Crippen LogP contribution is 2.24. The summed E-state index contributed by atoms with van der Waals surface area (Å²) in [5, 5.41) is 12.3. The molecule has 8 heteroatoms. The number of aromatic nitrogens is 5. The number of rotatable bonds is 6. The van der Waals surface area contributed by atoms with E-state index >= 15 is 0 Å². The van der Waals surface area contributed by atoms with Gasteiger partial charge in [0.1, 0.15) is 0 Å². The van der Waals surface area contributed by atoms with Crippen molar-refractivity contribution >= 4 is 17.7 Å². The normalized spacial score (nSPS) is 14.7. The second kappa shape index (κ2) is 9.17. The van der Waals surface area contributed by atoms with E-state index in [0.717, 1.165) is 42.6 Å². The number of thioether (sulfide) groups is 1. The number of carbonyl (C=O) groups excluding carboxylic acids is 1. The van der Waals surface area contributed by atoms with Gasteiger partial charge in [-0.3, -0.25) is 4.79 Å². The summed E-state index contributed by atoms with van der Waals surface area (Å²) in [4.78, 5) is 21.5.